The number of ketones is 1. The molecule has 144 valence electrons. The third-order valence-electron chi connectivity index (χ3n) is 5.81. The van der Waals surface area contributed by atoms with Crippen LogP contribution in [0.4, 0.5) is 5.69 Å². The van der Waals surface area contributed by atoms with Gasteiger partial charge in [0.1, 0.15) is 0 Å². The SMILES string of the molecule is Cc1cccc(N[C@@H]2c3c(n(C)c(=O)n(C)c3=O)C[C@@H]3C(=O)C=CC=C[C@@H]32)c1. The summed E-state index contributed by atoms with van der Waals surface area (Å²) in [6.07, 6.45) is 7.56. The van der Waals surface area contributed by atoms with Crippen molar-refractivity contribution in [2.45, 2.75) is 19.4 Å². The lowest BCUT2D eigenvalue weighted by molar-refractivity contribution is -0.119. The number of aromatic nitrogens is 2. The van der Waals surface area contributed by atoms with E-state index in [2.05, 4.69) is 5.32 Å². The summed E-state index contributed by atoms with van der Waals surface area (Å²) < 4.78 is 2.65. The smallest absolute Gasteiger partial charge is 0.330 e. The van der Waals surface area contributed by atoms with Crippen LogP contribution in [0.5, 0.6) is 0 Å². The molecular weight excluding hydrogens is 354 g/mol. The molecular formula is C22H23N3O3. The second-order valence-corrected chi connectivity index (χ2v) is 7.59. The summed E-state index contributed by atoms with van der Waals surface area (Å²) >= 11 is 0. The Kier molecular flexibility index (Phi) is 4.41. The second-order valence-electron chi connectivity index (χ2n) is 7.59. The first-order valence-corrected chi connectivity index (χ1v) is 9.39. The lowest BCUT2D eigenvalue weighted by atomic mass is 9.72. The minimum Gasteiger partial charge on any atom is -0.377 e. The van der Waals surface area contributed by atoms with Gasteiger partial charge in [-0.25, -0.2) is 4.79 Å². The molecule has 4 rings (SSSR count). The van der Waals surface area contributed by atoms with Crippen LogP contribution < -0.4 is 16.6 Å². The predicted molar refractivity (Wildman–Crippen MR) is 108 cm³/mol. The number of benzene rings is 1. The molecule has 6 nitrogen and oxygen atoms in total. The van der Waals surface area contributed by atoms with Crippen LogP contribution in [-0.2, 0) is 25.3 Å². The minimum atomic E-state index is -0.402. The van der Waals surface area contributed by atoms with E-state index in [1.54, 1.807) is 19.2 Å². The highest BCUT2D eigenvalue weighted by Crippen LogP contribution is 2.40. The molecule has 1 aromatic heterocycles. The third kappa shape index (κ3) is 2.85. The largest absolute Gasteiger partial charge is 0.377 e. The van der Waals surface area contributed by atoms with Gasteiger partial charge in [0.05, 0.1) is 11.6 Å². The monoisotopic (exact) mass is 377 g/mol. The van der Waals surface area contributed by atoms with Gasteiger partial charge in [0.25, 0.3) is 5.56 Å². The van der Waals surface area contributed by atoms with E-state index in [4.69, 9.17) is 0 Å². The maximum Gasteiger partial charge on any atom is 0.330 e. The summed E-state index contributed by atoms with van der Waals surface area (Å²) in [5.41, 5.74) is 2.50. The van der Waals surface area contributed by atoms with Crippen molar-refractivity contribution in [3.63, 3.8) is 0 Å². The molecule has 3 atom stereocenters. The van der Waals surface area contributed by atoms with Gasteiger partial charge in [0.15, 0.2) is 5.78 Å². The van der Waals surface area contributed by atoms with E-state index in [0.29, 0.717) is 17.7 Å². The Hall–Kier alpha value is -3.15. The van der Waals surface area contributed by atoms with Crippen LogP contribution in [-0.4, -0.2) is 14.9 Å². The zero-order valence-electron chi connectivity index (χ0n) is 16.2. The Morgan fingerprint density at radius 3 is 2.61 bits per heavy atom. The molecule has 1 N–H and O–H groups in total. The van der Waals surface area contributed by atoms with E-state index in [0.717, 1.165) is 15.8 Å². The number of hydrogen-bond acceptors (Lipinski definition) is 4. The van der Waals surface area contributed by atoms with E-state index in [9.17, 15) is 14.4 Å². The van der Waals surface area contributed by atoms with Crippen LogP contribution in [0.15, 0.2) is 58.2 Å². The number of carbonyl (C=O) groups is 1. The highest BCUT2D eigenvalue weighted by atomic mass is 16.2. The minimum absolute atomic E-state index is 0.0184. The van der Waals surface area contributed by atoms with Gasteiger partial charge in [-0.3, -0.25) is 14.2 Å². The van der Waals surface area contributed by atoms with Gasteiger partial charge in [0.2, 0.25) is 0 Å². The molecule has 0 bridgehead atoms. The molecule has 0 radical (unpaired) electrons. The summed E-state index contributed by atoms with van der Waals surface area (Å²) in [5.74, 6) is -0.479. The van der Waals surface area contributed by atoms with E-state index >= 15 is 0 Å². The van der Waals surface area contributed by atoms with Gasteiger partial charge < -0.3 is 9.88 Å². The number of nitrogens with one attached hydrogen (secondary N) is 1. The van der Waals surface area contributed by atoms with Crippen LogP contribution in [0.3, 0.4) is 0 Å². The van der Waals surface area contributed by atoms with Crippen LogP contribution in [0, 0.1) is 18.8 Å². The molecule has 0 saturated heterocycles. The standard InChI is InChI=1S/C22H23N3O3/c1-13-7-6-8-14(11-13)23-20-15-9-4-5-10-18(26)16(15)12-17-19(20)21(27)25(3)22(28)24(17)2/h4-11,15-16,20,23H,12H2,1-3H3/t15-,16-,20-/m0/s1. The molecule has 0 fully saturated rings. The molecule has 2 aliphatic rings. The van der Waals surface area contributed by atoms with E-state index in [1.165, 1.54) is 11.6 Å². The summed E-state index contributed by atoms with van der Waals surface area (Å²) in [5, 5.41) is 3.48. The Bertz CT molecular complexity index is 1140. The van der Waals surface area contributed by atoms with Crippen molar-refractivity contribution in [3.05, 3.63) is 86.2 Å². The molecule has 0 unspecified atom stereocenters. The molecule has 0 saturated carbocycles. The molecule has 6 heteroatoms. The zero-order chi connectivity index (χ0) is 20.0. The number of nitrogens with zero attached hydrogens (tertiary/aromatic N) is 2. The van der Waals surface area contributed by atoms with Crippen molar-refractivity contribution in [1.29, 1.82) is 0 Å². The van der Waals surface area contributed by atoms with Crippen molar-refractivity contribution in [2.24, 2.45) is 25.9 Å². The Balaban J connectivity index is 1.94. The van der Waals surface area contributed by atoms with Crippen LogP contribution in [0.1, 0.15) is 22.9 Å². The van der Waals surface area contributed by atoms with Crippen LogP contribution in [0.2, 0.25) is 0 Å². The summed E-state index contributed by atoms with van der Waals surface area (Å²) in [4.78, 5) is 38.3. The second kappa shape index (κ2) is 6.78. The van der Waals surface area contributed by atoms with Gasteiger partial charge in [0, 0.05) is 37.3 Å². The van der Waals surface area contributed by atoms with Crippen molar-refractivity contribution in [1.82, 2.24) is 9.13 Å². The number of allylic oxidation sites excluding steroid dienone is 3. The van der Waals surface area contributed by atoms with Crippen molar-refractivity contribution >= 4 is 11.5 Å². The molecule has 1 heterocycles. The topological polar surface area (TPSA) is 73.1 Å². The molecule has 0 spiro atoms. The average molecular weight is 377 g/mol. The molecule has 1 aromatic carbocycles. The highest BCUT2D eigenvalue weighted by molar-refractivity contribution is 5.93. The summed E-state index contributed by atoms with van der Waals surface area (Å²) in [7, 11) is 3.16. The maximum absolute atomic E-state index is 13.1. The van der Waals surface area contributed by atoms with Gasteiger partial charge >= 0.3 is 5.69 Å². The summed E-state index contributed by atoms with van der Waals surface area (Å²) in [6.45, 7) is 2.00. The van der Waals surface area contributed by atoms with Gasteiger partial charge in [-0.2, -0.15) is 0 Å². The molecule has 0 aliphatic heterocycles. The first kappa shape index (κ1) is 18.2. The zero-order valence-corrected chi connectivity index (χ0v) is 16.2. The number of rotatable bonds is 2. The van der Waals surface area contributed by atoms with Crippen LogP contribution in [0.25, 0.3) is 0 Å². The number of carbonyl (C=O) groups excluding carboxylic acids is 1. The quantitative estimate of drug-likeness (QED) is 0.869. The number of fused-ring (bicyclic) bond motifs is 2. The molecule has 2 aromatic rings. The Labute approximate surface area is 162 Å². The van der Waals surface area contributed by atoms with Gasteiger partial charge in [-0.1, -0.05) is 30.4 Å². The normalized spacial score (nSPS) is 23.1. The lowest BCUT2D eigenvalue weighted by Gasteiger charge is -2.38. The summed E-state index contributed by atoms with van der Waals surface area (Å²) in [6, 6.07) is 7.51. The predicted octanol–water partition coefficient (Wildman–Crippen LogP) is 2.03. The molecule has 0 amide bonds. The first-order chi connectivity index (χ1) is 13.4. The van der Waals surface area contributed by atoms with Gasteiger partial charge in [-0.15, -0.1) is 0 Å². The fourth-order valence-electron chi connectivity index (χ4n) is 4.33. The average Bonchev–Trinajstić information content (AvgIpc) is 2.86. The van der Waals surface area contributed by atoms with E-state index in [1.807, 2.05) is 43.3 Å². The number of hydrogen-bond donors (Lipinski definition) is 1. The Morgan fingerprint density at radius 1 is 1.07 bits per heavy atom. The maximum atomic E-state index is 13.1. The third-order valence-corrected chi connectivity index (χ3v) is 5.81. The van der Waals surface area contributed by atoms with Gasteiger partial charge in [-0.05, 0) is 37.1 Å². The van der Waals surface area contributed by atoms with E-state index in [-0.39, 0.29) is 28.9 Å². The molecule has 28 heavy (non-hydrogen) atoms. The first-order valence-electron chi connectivity index (χ1n) is 9.39. The van der Waals surface area contributed by atoms with Crippen molar-refractivity contribution in [2.75, 3.05) is 5.32 Å². The molecule has 2 aliphatic carbocycles. The van der Waals surface area contributed by atoms with E-state index < -0.39 is 6.04 Å². The highest BCUT2D eigenvalue weighted by Gasteiger charge is 2.42. The van der Waals surface area contributed by atoms with Crippen molar-refractivity contribution in [3.8, 4) is 0 Å². The lowest BCUT2D eigenvalue weighted by Crippen LogP contribution is -2.48. The Morgan fingerprint density at radius 2 is 1.86 bits per heavy atom. The fraction of sp³-hybridized carbons (Fsp3) is 0.318. The van der Waals surface area contributed by atoms with Crippen molar-refractivity contribution < 1.29 is 4.79 Å². The fourth-order valence-corrected chi connectivity index (χ4v) is 4.33. The van der Waals surface area contributed by atoms with Crippen LogP contribution >= 0.6 is 0 Å². The number of aryl methyl sites for hydroxylation is 1. The number of anilines is 1.